The highest BCUT2D eigenvalue weighted by molar-refractivity contribution is 7.80. The largest absolute Gasteiger partial charge is 0.506 e. The van der Waals surface area contributed by atoms with E-state index in [9.17, 15) is 14.7 Å². The lowest BCUT2D eigenvalue weighted by atomic mass is 10.3. The second-order valence-electron chi connectivity index (χ2n) is 3.69. The van der Waals surface area contributed by atoms with E-state index in [0.717, 1.165) is 12.2 Å². The molecule has 1 amide bonds. The average molecular weight is 329 g/mol. The number of hydrogen-bond donors (Lipinski definition) is 3. The summed E-state index contributed by atoms with van der Waals surface area (Å²) in [5, 5.41) is 14.8. The molecule has 3 N–H and O–H groups in total. The number of anilines is 1. The van der Waals surface area contributed by atoms with Crippen LogP contribution in [0.4, 0.5) is 5.69 Å². The lowest BCUT2D eigenvalue weighted by molar-refractivity contribution is -0.137. The fraction of sp³-hybridized carbons (Fsp3) is 0.154. The van der Waals surface area contributed by atoms with Crippen LogP contribution in [0, 0.1) is 0 Å². The van der Waals surface area contributed by atoms with E-state index in [1.165, 1.54) is 18.2 Å². The summed E-state index contributed by atoms with van der Waals surface area (Å²) in [6.07, 6.45) is 1.97. The van der Waals surface area contributed by atoms with Crippen molar-refractivity contribution in [2.45, 2.75) is 6.92 Å². The molecule has 0 aliphatic heterocycles. The fourth-order valence-corrected chi connectivity index (χ4v) is 1.63. The monoisotopic (exact) mass is 328 g/mol. The van der Waals surface area contributed by atoms with E-state index < -0.39 is 11.9 Å². The van der Waals surface area contributed by atoms with E-state index >= 15 is 0 Å². The van der Waals surface area contributed by atoms with Gasteiger partial charge in [-0.2, -0.15) is 0 Å². The Morgan fingerprint density at radius 2 is 2.14 bits per heavy atom. The van der Waals surface area contributed by atoms with Gasteiger partial charge in [0.05, 0.1) is 12.3 Å². The molecule has 0 aliphatic carbocycles. The number of aromatic hydroxyl groups is 1. The molecule has 1 aromatic carbocycles. The van der Waals surface area contributed by atoms with Crippen molar-refractivity contribution >= 4 is 46.5 Å². The van der Waals surface area contributed by atoms with Crippen LogP contribution in [0.25, 0.3) is 0 Å². The number of amides is 1. The van der Waals surface area contributed by atoms with Gasteiger partial charge in [0.2, 0.25) is 5.91 Å². The van der Waals surface area contributed by atoms with Crippen molar-refractivity contribution < 1.29 is 19.4 Å². The number of rotatable bonds is 4. The minimum absolute atomic E-state index is 0.0499. The van der Waals surface area contributed by atoms with Crippen molar-refractivity contribution in [1.29, 1.82) is 0 Å². The molecule has 1 aromatic rings. The Labute approximate surface area is 131 Å². The van der Waals surface area contributed by atoms with Gasteiger partial charge in [-0.3, -0.25) is 10.1 Å². The van der Waals surface area contributed by atoms with E-state index in [1.807, 2.05) is 0 Å². The summed E-state index contributed by atoms with van der Waals surface area (Å²) in [4.78, 5) is 22.5. The number of nitrogens with one attached hydrogen (secondary N) is 2. The molecule has 0 aliphatic rings. The van der Waals surface area contributed by atoms with E-state index in [-0.39, 0.29) is 23.2 Å². The maximum Gasteiger partial charge on any atom is 0.330 e. The molecule has 1 rings (SSSR count). The molecular formula is C13H13ClN2O4S. The number of phenols is 1. The maximum atomic E-state index is 11.5. The van der Waals surface area contributed by atoms with Gasteiger partial charge in [0.1, 0.15) is 5.75 Å². The van der Waals surface area contributed by atoms with Crippen LogP contribution in [-0.4, -0.2) is 28.7 Å². The van der Waals surface area contributed by atoms with Crippen LogP contribution >= 0.6 is 23.8 Å². The highest BCUT2D eigenvalue weighted by Gasteiger charge is 2.06. The van der Waals surface area contributed by atoms with Gasteiger partial charge in [-0.15, -0.1) is 0 Å². The number of benzene rings is 1. The molecule has 6 nitrogen and oxygen atoms in total. The second kappa shape index (κ2) is 8.23. The summed E-state index contributed by atoms with van der Waals surface area (Å²) in [5.74, 6) is -1.31. The standard InChI is InChI=1S/C13H13ClN2O4S/c1-2-20-12(19)6-5-11(18)16-13(21)15-9-7-8(14)3-4-10(9)17/h3-7,17H,2H2,1H3,(H2,15,16,18,21)/b6-5+. The quantitative estimate of drug-likeness (QED) is 0.339. The van der Waals surface area contributed by atoms with Gasteiger partial charge in [-0.05, 0) is 37.3 Å². The number of thiocarbonyl (C=S) groups is 1. The van der Waals surface area contributed by atoms with E-state index in [1.54, 1.807) is 6.92 Å². The molecule has 0 heterocycles. The number of hydrogen-bond acceptors (Lipinski definition) is 5. The van der Waals surface area contributed by atoms with Gasteiger partial charge in [-0.1, -0.05) is 11.6 Å². The predicted molar refractivity (Wildman–Crippen MR) is 83.3 cm³/mol. The van der Waals surface area contributed by atoms with E-state index in [2.05, 4.69) is 15.4 Å². The number of carbonyl (C=O) groups is 2. The number of ether oxygens (including phenoxy) is 1. The average Bonchev–Trinajstić information content (AvgIpc) is 2.41. The number of halogens is 1. The minimum atomic E-state index is -0.626. The minimum Gasteiger partial charge on any atom is -0.506 e. The van der Waals surface area contributed by atoms with Crippen LogP contribution < -0.4 is 10.6 Å². The zero-order valence-electron chi connectivity index (χ0n) is 11.1. The van der Waals surface area contributed by atoms with Gasteiger partial charge in [0, 0.05) is 17.2 Å². The zero-order chi connectivity index (χ0) is 15.8. The van der Waals surface area contributed by atoms with Crippen molar-refractivity contribution in [1.82, 2.24) is 5.32 Å². The third kappa shape index (κ3) is 6.24. The predicted octanol–water partition coefficient (Wildman–Crippen LogP) is 1.98. The first-order valence-electron chi connectivity index (χ1n) is 5.87. The Morgan fingerprint density at radius 3 is 2.81 bits per heavy atom. The molecule has 0 fully saturated rings. The second-order valence-corrected chi connectivity index (χ2v) is 4.53. The third-order valence-electron chi connectivity index (χ3n) is 2.10. The van der Waals surface area contributed by atoms with Crippen molar-refractivity contribution in [2.24, 2.45) is 0 Å². The van der Waals surface area contributed by atoms with Gasteiger partial charge in [0.15, 0.2) is 5.11 Å². The fourth-order valence-electron chi connectivity index (χ4n) is 1.25. The van der Waals surface area contributed by atoms with E-state index in [0.29, 0.717) is 5.02 Å². The van der Waals surface area contributed by atoms with Crippen LogP contribution in [0.2, 0.25) is 5.02 Å². The molecule has 0 radical (unpaired) electrons. The molecule has 21 heavy (non-hydrogen) atoms. The molecule has 8 heteroatoms. The highest BCUT2D eigenvalue weighted by Crippen LogP contribution is 2.26. The Bertz CT molecular complexity index is 590. The van der Waals surface area contributed by atoms with Crippen molar-refractivity contribution in [3.05, 3.63) is 35.4 Å². The van der Waals surface area contributed by atoms with Gasteiger partial charge in [0.25, 0.3) is 0 Å². The molecule has 0 spiro atoms. The molecule has 0 aromatic heterocycles. The van der Waals surface area contributed by atoms with Gasteiger partial charge < -0.3 is 15.2 Å². The Balaban J connectivity index is 2.55. The van der Waals surface area contributed by atoms with Crippen LogP contribution in [0.3, 0.4) is 0 Å². The number of esters is 1. The summed E-state index contributed by atoms with van der Waals surface area (Å²) in [7, 11) is 0. The maximum absolute atomic E-state index is 11.5. The SMILES string of the molecule is CCOC(=O)/C=C/C(=O)NC(=S)Nc1cc(Cl)ccc1O. The summed E-state index contributed by atoms with van der Waals surface area (Å²) >= 11 is 10.7. The Hall–Kier alpha value is -2.12. The smallest absolute Gasteiger partial charge is 0.330 e. The van der Waals surface area contributed by atoms with Crippen LogP contribution in [0.15, 0.2) is 30.4 Å². The van der Waals surface area contributed by atoms with Crippen LogP contribution in [-0.2, 0) is 14.3 Å². The van der Waals surface area contributed by atoms with Gasteiger partial charge >= 0.3 is 5.97 Å². The van der Waals surface area contributed by atoms with Crippen LogP contribution in [0.5, 0.6) is 5.75 Å². The lowest BCUT2D eigenvalue weighted by Gasteiger charge is -2.09. The Kier molecular flexibility index (Phi) is 6.64. The number of carbonyl (C=O) groups excluding carboxylic acids is 2. The Morgan fingerprint density at radius 1 is 1.43 bits per heavy atom. The first kappa shape index (κ1) is 16.9. The summed E-state index contributed by atoms with van der Waals surface area (Å²) in [6, 6.07) is 4.34. The van der Waals surface area contributed by atoms with Crippen molar-refractivity contribution in [2.75, 3.05) is 11.9 Å². The number of phenolic OH excluding ortho intramolecular Hbond substituents is 1. The van der Waals surface area contributed by atoms with Gasteiger partial charge in [-0.25, -0.2) is 4.79 Å². The molecule has 112 valence electrons. The highest BCUT2D eigenvalue weighted by atomic mass is 35.5. The molecule has 0 atom stereocenters. The molecular weight excluding hydrogens is 316 g/mol. The zero-order valence-corrected chi connectivity index (χ0v) is 12.6. The first-order valence-corrected chi connectivity index (χ1v) is 6.66. The van der Waals surface area contributed by atoms with Crippen molar-refractivity contribution in [3.8, 4) is 5.75 Å². The molecule has 0 unspecified atom stereocenters. The molecule has 0 saturated heterocycles. The summed E-state index contributed by atoms with van der Waals surface area (Å²) in [5.41, 5.74) is 0.252. The lowest BCUT2D eigenvalue weighted by Crippen LogP contribution is -2.33. The topological polar surface area (TPSA) is 87.7 Å². The molecule has 0 bridgehead atoms. The van der Waals surface area contributed by atoms with Crippen molar-refractivity contribution in [3.63, 3.8) is 0 Å². The summed E-state index contributed by atoms with van der Waals surface area (Å²) in [6.45, 7) is 1.88. The summed E-state index contributed by atoms with van der Waals surface area (Å²) < 4.78 is 4.62. The molecule has 0 saturated carbocycles. The van der Waals surface area contributed by atoms with E-state index in [4.69, 9.17) is 23.8 Å². The third-order valence-corrected chi connectivity index (χ3v) is 2.54. The first-order chi connectivity index (χ1) is 9.92. The van der Waals surface area contributed by atoms with Crippen LogP contribution in [0.1, 0.15) is 6.92 Å². The normalized spacial score (nSPS) is 10.2.